The summed E-state index contributed by atoms with van der Waals surface area (Å²) in [5, 5.41) is 110. The summed E-state index contributed by atoms with van der Waals surface area (Å²) in [6.07, 6.45) is -24.7. The number of rotatable bonds is 16. The van der Waals surface area contributed by atoms with Crippen LogP contribution in [-0.4, -0.2) is 201 Å². The van der Waals surface area contributed by atoms with Gasteiger partial charge in [0, 0.05) is 34.9 Å². The van der Waals surface area contributed by atoms with E-state index in [4.69, 9.17) is 28.4 Å². The van der Waals surface area contributed by atoms with Gasteiger partial charge in [0.2, 0.25) is 11.8 Å². The summed E-state index contributed by atoms with van der Waals surface area (Å²) in [5.41, 5.74) is 0. The molecule has 0 radical (unpaired) electrons. The van der Waals surface area contributed by atoms with Gasteiger partial charge in [-0.15, -0.1) is 0 Å². The molecule has 3 rings (SSSR count). The number of carbonyl (C=O) groups excluding carboxylic acids is 2. The van der Waals surface area contributed by atoms with Crippen LogP contribution < -0.4 is 10.6 Å². The van der Waals surface area contributed by atoms with Crippen molar-refractivity contribution in [1.82, 2.24) is 10.6 Å². The Hall–Kier alpha value is -1.97. The smallest absolute Gasteiger partial charge is 0.364 e. The fourth-order valence-corrected chi connectivity index (χ4v) is 6.91. The van der Waals surface area contributed by atoms with E-state index in [2.05, 4.69) is 30.3 Å². The quantitative estimate of drug-likeness (QED) is 0.0650. The lowest BCUT2D eigenvalue weighted by Gasteiger charge is -2.51. The first-order valence-electron chi connectivity index (χ1n) is 16.8. The predicted octanol–water partition coefficient (Wildman–Crippen LogP) is -5.72. The lowest BCUT2D eigenvalue weighted by atomic mass is 9.88. The number of aliphatic hydroxyl groups excluding tert-OH is 9. The number of aliphatic hydroxyl groups is 9. The molecule has 0 aromatic heterocycles. The Morgan fingerprint density at radius 2 is 1.42 bits per heavy atom. The van der Waals surface area contributed by atoms with Crippen LogP contribution in [0.3, 0.4) is 0 Å². The molecule has 12 N–H and O–H groups in total. The molecule has 0 spiro atoms. The summed E-state index contributed by atoms with van der Waals surface area (Å²) in [5.74, 6) is -6.31. The summed E-state index contributed by atoms with van der Waals surface area (Å²) in [6.45, 7) is 5.98. The second-order valence-electron chi connectivity index (χ2n) is 14.4. The summed E-state index contributed by atoms with van der Waals surface area (Å²) < 4.78 is 34.4. The third kappa shape index (κ3) is 10.6. The SMILES string of the molecule is CC(=O)N[C@H]1[C@H](OCC[Si](C)(C)C)O[C@H](CO)[C@@H](O[C@@H]2O[C@H](CO)[C@H](O)[C@H](O[C@]3(C(=O)O)C[C@H](O)[C@@H](NC(C)=O)[C@H]([C@H](O)[C@H](O)CO)O3)[C@H]2O)[C@@H]1O. The van der Waals surface area contributed by atoms with Crippen molar-refractivity contribution in [1.29, 1.82) is 0 Å². The van der Waals surface area contributed by atoms with E-state index in [1.807, 2.05) is 0 Å². The Labute approximate surface area is 300 Å². The first-order valence-corrected chi connectivity index (χ1v) is 20.5. The minimum absolute atomic E-state index is 0.205. The van der Waals surface area contributed by atoms with Crippen LogP contribution in [0.2, 0.25) is 25.7 Å². The van der Waals surface area contributed by atoms with Crippen molar-refractivity contribution in [2.45, 2.75) is 144 Å². The van der Waals surface area contributed by atoms with E-state index in [-0.39, 0.29) is 6.61 Å². The van der Waals surface area contributed by atoms with Gasteiger partial charge in [-0.2, -0.15) is 0 Å². The number of ether oxygens (including phenoxy) is 6. The van der Waals surface area contributed by atoms with Crippen LogP contribution in [-0.2, 0) is 42.8 Å². The maximum absolute atomic E-state index is 12.8. The first kappa shape index (κ1) is 44.4. The fraction of sp³-hybridized carbons (Fsp3) is 0.900. The molecule has 16 atom stereocenters. The maximum Gasteiger partial charge on any atom is 0.364 e. The molecule has 0 saturated carbocycles. The molecule has 22 heteroatoms. The highest BCUT2D eigenvalue weighted by Crippen LogP contribution is 2.38. The van der Waals surface area contributed by atoms with Crippen molar-refractivity contribution in [3.63, 3.8) is 0 Å². The Morgan fingerprint density at radius 1 is 0.846 bits per heavy atom. The molecule has 0 aromatic rings. The van der Waals surface area contributed by atoms with E-state index in [1.54, 1.807) is 0 Å². The molecule has 0 aromatic carbocycles. The molecular formula is C30H54N2O19Si. The van der Waals surface area contributed by atoms with Crippen LogP contribution in [0.5, 0.6) is 0 Å². The predicted molar refractivity (Wildman–Crippen MR) is 174 cm³/mol. The molecule has 0 bridgehead atoms. The van der Waals surface area contributed by atoms with E-state index in [1.165, 1.54) is 6.92 Å². The number of aliphatic carboxylic acids is 1. The van der Waals surface area contributed by atoms with Crippen LogP contribution in [0, 0.1) is 0 Å². The number of carboxylic acid groups (broad SMARTS) is 1. The number of hydrogen-bond donors (Lipinski definition) is 12. The van der Waals surface area contributed by atoms with Gasteiger partial charge in [0.15, 0.2) is 12.6 Å². The monoisotopic (exact) mass is 774 g/mol. The molecule has 52 heavy (non-hydrogen) atoms. The average molecular weight is 775 g/mol. The molecule has 0 aliphatic carbocycles. The van der Waals surface area contributed by atoms with Crippen LogP contribution in [0.4, 0.5) is 0 Å². The molecule has 0 unspecified atom stereocenters. The zero-order valence-corrected chi connectivity index (χ0v) is 30.5. The van der Waals surface area contributed by atoms with E-state index < -0.39 is 150 Å². The van der Waals surface area contributed by atoms with Gasteiger partial charge in [0.25, 0.3) is 5.79 Å². The van der Waals surface area contributed by atoms with Crippen molar-refractivity contribution in [3.05, 3.63) is 0 Å². The molecule has 302 valence electrons. The third-order valence-corrected chi connectivity index (χ3v) is 10.7. The van der Waals surface area contributed by atoms with Gasteiger partial charge in [0.1, 0.15) is 67.1 Å². The van der Waals surface area contributed by atoms with Gasteiger partial charge in [-0.25, -0.2) is 4.79 Å². The first-order chi connectivity index (χ1) is 24.2. The normalized spacial score (nSPS) is 39.7. The number of carbonyl (C=O) groups is 3. The van der Waals surface area contributed by atoms with Gasteiger partial charge >= 0.3 is 5.97 Å². The second-order valence-corrected chi connectivity index (χ2v) is 20.0. The molecular weight excluding hydrogens is 720 g/mol. The van der Waals surface area contributed by atoms with Gasteiger partial charge < -0.3 is 90.1 Å². The summed E-state index contributed by atoms with van der Waals surface area (Å²) in [4.78, 5) is 36.7. The molecule has 3 fully saturated rings. The zero-order chi connectivity index (χ0) is 39.3. The summed E-state index contributed by atoms with van der Waals surface area (Å²) in [6, 6.07) is -2.11. The van der Waals surface area contributed by atoms with Gasteiger partial charge in [-0.05, 0) is 6.04 Å². The van der Waals surface area contributed by atoms with Crippen LogP contribution >= 0.6 is 0 Å². The topological polar surface area (TPSA) is 333 Å². The van der Waals surface area contributed by atoms with Crippen molar-refractivity contribution in [2.75, 3.05) is 26.4 Å². The van der Waals surface area contributed by atoms with E-state index in [9.17, 15) is 65.4 Å². The van der Waals surface area contributed by atoms with Gasteiger partial charge in [-0.1, -0.05) is 19.6 Å². The van der Waals surface area contributed by atoms with Crippen LogP contribution in [0.15, 0.2) is 0 Å². The highest BCUT2D eigenvalue weighted by Gasteiger charge is 2.60. The minimum atomic E-state index is -3.03. The molecule has 3 saturated heterocycles. The number of amides is 2. The van der Waals surface area contributed by atoms with Crippen molar-refractivity contribution < 1.29 is 93.9 Å². The van der Waals surface area contributed by atoms with Crippen LogP contribution in [0.25, 0.3) is 0 Å². The van der Waals surface area contributed by atoms with Crippen molar-refractivity contribution in [3.8, 4) is 0 Å². The fourth-order valence-electron chi connectivity index (χ4n) is 6.18. The highest BCUT2D eigenvalue weighted by atomic mass is 28.3. The van der Waals surface area contributed by atoms with Crippen molar-refractivity contribution >= 4 is 25.9 Å². The Bertz CT molecular complexity index is 1200. The van der Waals surface area contributed by atoms with E-state index >= 15 is 0 Å². The maximum atomic E-state index is 12.8. The molecule has 3 aliphatic rings. The third-order valence-electron chi connectivity index (χ3n) is 8.98. The lowest BCUT2D eigenvalue weighted by molar-refractivity contribution is -0.382. The minimum Gasteiger partial charge on any atom is -0.477 e. The second kappa shape index (κ2) is 18.6. The number of carboxylic acids is 1. The average Bonchev–Trinajstić information content (AvgIpc) is 3.06. The molecule has 3 aliphatic heterocycles. The Balaban J connectivity index is 1.93. The van der Waals surface area contributed by atoms with E-state index in [0.29, 0.717) is 6.04 Å². The lowest BCUT2D eigenvalue weighted by Crippen LogP contribution is -2.71. The van der Waals surface area contributed by atoms with Crippen LogP contribution in [0.1, 0.15) is 20.3 Å². The molecule has 2 amide bonds. The van der Waals surface area contributed by atoms with E-state index in [0.717, 1.165) is 6.92 Å². The number of hydrogen-bond acceptors (Lipinski definition) is 18. The molecule has 21 nitrogen and oxygen atoms in total. The van der Waals surface area contributed by atoms with Gasteiger partial charge in [0.05, 0.1) is 32.0 Å². The highest BCUT2D eigenvalue weighted by molar-refractivity contribution is 6.76. The Kier molecular flexibility index (Phi) is 15.9. The van der Waals surface area contributed by atoms with Crippen molar-refractivity contribution in [2.24, 2.45) is 0 Å². The number of nitrogens with one attached hydrogen (secondary N) is 2. The summed E-state index contributed by atoms with van der Waals surface area (Å²) in [7, 11) is -1.58. The molecule has 3 heterocycles. The summed E-state index contributed by atoms with van der Waals surface area (Å²) >= 11 is 0. The Morgan fingerprint density at radius 3 is 1.94 bits per heavy atom. The zero-order valence-electron chi connectivity index (χ0n) is 29.5. The largest absolute Gasteiger partial charge is 0.477 e. The van der Waals surface area contributed by atoms with Gasteiger partial charge in [-0.3, -0.25) is 9.59 Å². The standard InChI is InChI=1S/C30H54N2O19Si/c1-12(36)31-18-14(38)8-30(29(44)45,50-25(18)20(40)15(39)9-33)51-26-21(41)16(10-34)47-28(23(26)43)49-24-17(11-35)48-27(46-6-7-52(3,4)5)19(22(24)42)32-13(2)37/h14-28,33-35,38-43H,6-11H2,1-5H3,(H,31,36)(H,32,37)(H,44,45)/t14-,15+,16+,17+,18+,19+,20+,21-,22+,23+,24+,25+,26-,27+,28-,30-/m0/s1.